The van der Waals surface area contributed by atoms with E-state index in [1.54, 1.807) is 7.11 Å². The van der Waals surface area contributed by atoms with E-state index in [4.69, 9.17) is 14.2 Å². The van der Waals surface area contributed by atoms with Crippen LogP contribution in [0.1, 0.15) is 5.56 Å². The maximum atomic E-state index is 5.62. The Bertz CT molecular complexity index is 994. The van der Waals surface area contributed by atoms with Gasteiger partial charge in [0.1, 0.15) is 11.4 Å². The minimum Gasteiger partial charge on any atom is -0.496 e. The molecule has 182 valence electrons. The highest BCUT2D eigenvalue weighted by atomic mass is 16.5. The molecule has 0 spiro atoms. The van der Waals surface area contributed by atoms with Crippen LogP contribution in [0.15, 0.2) is 48.7 Å². The van der Waals surface area contributed by atoms with Crippen molar-refractivity contribution in [1.82, 2.24) is 4.48 Å². The second-order valence-electron chi connectivity index (χ2n) is 9.58. The molecule has 2 aromatic rings. The number of quaternary nitrogens is 1. The van der Waals surface area contributed by atoms with Crippen LogP contribution in [-0.4, -0.2) is 80.0 Å². The van der Waals surface area contributed by atoms with Crippen LogP contribution in [0.25, 0.3) is 0 Å². The van der Waals surface area contributed by atoms with E-state index in [2.05, 4.69) is 77.3 Å². The minimum absolute atomic E-state index is 0.714. The zero-order valence-corrected chi connectivity index (χ0v) is 20.7. The van der Waals surface area contributed by atoms with Crippen molar-refractivity contribution in [2.24, 2.45) is 0 Å². The van der Waals surface area contributed by atoms with Gasteiger partial charge in [0.15, 0.2) is 6.67 Å². The molecule has 0 N–H and O–H groups in total. The maximum absolute atomic E-state index is 5.62. The summed E-state index contributed by atoms with van der Waals surface area (Å²) in [6, 6.07) is 13.6. The molecular formula is C27H37N4O3+. The Kier molecular flexibility index (Phi) is 6.68. The molecule has 0 saturated carbocycles. The van der Waals surface area contributed by atoms with E-state index < -0.39 is 0 Å². The lowest BCUT2D eigenvalue weighted by Crippen LogP contribution is -2.52. The van der Waals surface area contributed by atoms with Gasteiger partial charge in [0.05, 0.1) is 46.8 Å². The third kappa shape index (κ3) is 4.73. The second kappa shape index (κ2) is 9.86. The zero-order chi connectivity index (χ0) is 23.5. The van der Waals surface area contributed by atoms with Crippen molar-refractivity contribution in [3.05, 3.63) is 54.2 Å². The first kappa shape index (κ1) is 23.0. The predicted molar refractivity (Wildman–Crippen MR) is 139 cm³/mol. The van der Waals surface area contributed by atoms with E-state index in [1.807, 2.05) is 0 Å². The largest absolute Gasteiger partial charge is 0.496 e. The van der Waals surface area contributed by atoms with Gasteiger partial charge in [-0.1, -0.05) is 6.07 Å². The Morgan fingerprint density at radius 1 is 0.794 bits per heavy atom. The van der Waals surface area contributed by atoms with Gasteiger partial charge in [0.25, 0.3) is 0 Å². The first-order chi connectivity index (χ1) is 16.6. The van der Waals surface area contributed by atoms with Crippen molar-refractivity contribution < 1.29 is 14.2 Å². The number of morpholine rings is 2. The van der Waals surface area contributed by atoms with E-state index in [0.717, 1.165) is 77.1 Å². The van der Waals surface area contributed by atoms with Crippen LogP contribution in [0.3, 0.4) is 0 Å². The summed E-state index contributed by atoms with van der Waals surface area (Å²) in [5.41, 5.74) is 6.21. The van der Waals surface area contributed by atoms with Crippen LogP contribution < -0.4 is 23.9 Å². The number of benzene rings is 2. The molecule has 1 unspecified atom stereocenters. The van der Waals surface area contributed by atoms with Crippen LogP contribution in [0.4, 0.5) is 22.7 Å². The van der Waals surface area contributed by atoms with Crippen LogP contribution in [0, 0.1) is 6.92 Å². The van der Waals surface area contributed by atoms with Gasteiger partial charge in [-0.3, -0.25) is 4.48 Å². The molecule has 3 aliphatic heterocycles. The first-order valence-electron chi connectivity index (χ1n) is 12.3. The summed E-state index contributed by atoms with van der Waals surface area (Å²) < 4.78 is 17.6. The molecule has 0 amide bonds. The third-order valence-corrected chi connectivity index (χ3v) is 7.21. The molecule has 0 radical (unpaired) electrons. The molecule has 5 rings (SSSR count). The van der Waals surface area contributed by atoms with E-state index in [1.165, 1.54) is 22.7 Å². The van der Waals surface area contributed by atoms with E-state index in [-0.39, 0.29) is 0 Å². The molecule has 2 aromatic carbocycles. The second-order valence-corrected chi connectivity index (χ2v) is 9.58. The summed E-state index contributed by atoms with van der Waals surface area (Å²) in [6.07, 6.45) is 4.62. The van der Waals surface area contributed by atoms with Crippen LogP contribution in [0.5, 0.6) is 5.75 Å². The third-order valence-electron chi connectivity index (χ3n) is 7.21. The molecule has 0 bridgehead atoms. The SMILES string of the molecule is COc1cc(N2CC=C[N+](C)(c3cc(N4CCOCC4)cc(N4CCOCC4)c3)C2)ccc1C. The predicted octanol–water partition coefficient (Wildman–Crippen LogP) is 3.61. The number of hydrogen-bond acceptors (Lipinski definition) is 6. The number of anilines is 3. The quantitative estimate of drug-likeness (QED) is 0.628. The summed E-state index contributed by atoms with van der Waals surface area (Å²) in [6.45, 7) is 10.7. The standard InChI is InChI=1S/C27H37N4O3/c1-22-5-6-23(20-27(22)32-3)30-7-4-12-31(2,21-30)26-18-24(28-8-13-33-14-9-28)17-25(19-26)29-10-15-34-16-11-29/h4-6,12,17-20H,7-11,13-16,21H2,1-3H3/q+1. The summed E-state index contributed by atoms with van der Waals surface area (Å²) in [7, 11) is 4.04. The van der Waals surface area contributed by atoms with Gasteiger partial charge in [0, 0.05) is 68.0 Å². The van der Waals surface area contributed by atoms with Crippen LogP contribution >= 0.6 is 0 Å². The van der Waals surface area contributed by atoms with Gasteiger partial charge in [-0.2, -0.15) is 0 Å². The Morgan fingerprint density at radius 2 is 1.41 bits per heavy atom. The highest BCUT2D eigenvalue weighted by Gasteiger charge is 2.31. The lowest BCUT2D eigenvalue weighted by molar-refractivity contribution is 0.122. The molecule has 2 fully saturated rings. The molecular weight excluding hydrogens is 428 g/mol. The highest BCUT2D eigenvalue weighted by molar-refractivity contribution is 5.70. The van der Waals surface area contributed by atoms with Crippen molar-refractivity contribution in [2.45, 2.75) is 6.92 Å². The average molecular weight is 466 g/mol. The van der Waals surface area contributed by atoms with E-state index >= 15 is 0 Å². The number of rotatable bonds is 5. The molecule has 34 heavy (non-hydrogen) atoms. The lowest BCUT2D eigenvalue weighted by Gasteiger charge is -2.40. The Balaban J connectivity index is 1.49. The highest BCUT2D eigenvalue weighted by Crippen LogP contribution is 2.36. The molecule has 0 aliphatic carbocycles. The summed E-state index contributed by atoms with van der Waals surface area (Å²) >= 11 is 0. The lowest BCUT2D eigenvalue weighted by atomic mass is 10.1. The van der Waals surface area contributed by atoms with E-state index in [0.29, 0.717) is 4.48 Å². The fraction of sp³-hybridized carbons (Fsp3) is 0.481. The number of aryl methyl sites for hydroxylation is 1. The Labute approximate surface area is 203 Å². The minimum atomic E-state index is 0.714. The smallest absolute Gasteiger partial charge is 0.163 e. The summed E-state index contributed by atoms with van der Waals surface area (Å²) in [4.78, 5) is 7.34. The molecule has 7 heteroatoms. The summed E-state index contributed by atoms with van der Waals surface area (Å²) in [5.74, 6) is 0.935. The van der Waals surface area contributed by atoms with Crippen LogP contribution in [-0.2, 0) is 9.47 Å². The van der Waals surface area contributed by atoms with Crippen molar-refractivity contribution >= 4 is 22.7 Å². The molecule has 1 atom stereocenters. The Hall–Kier alpha value is -2.74. The number of methoxy groups -OCH3 is 1. The average Bonchev–Trinajstić information content (AvgIpc) is 2.90. The fourth-order valence-electron chi connectivity index (χ4n) is 5.11. The van der Waals surface area contributed by atoms with E-state index in [9.17, 15) is 0 Å². The van der Waals surface area contributed by atoms with Gasteiger partial charge in [-0.15, -0.1) is 0 Å². The first-order valence-corrected chi connectivity index (χ1v) is 12.3. The molecule has 3 heterocycles. The molecule has 7 nitrogen and oxygen atoms in total. The van der Waals surface area contributed by atoms with Gasteiger partial charge >= 0.3 is 0 Å². The number of ether oxygens (including phenoxy) is 3. The summed E-state index contributed by atoms with van der Waals surface area (Å²) in [5, 5.41) is 0. The molecule has 2 saturated heterocycles. The van der Waals surface area contributed by atoms with Crippen molar-refractivity contribution in [2.75, 3.05) is 94.7 Å². The maximum Gasteiger partial charge on any atom is 0.163 e. The van der Waals surface area contributed by atoms with Gasteiger partial charge < -0.3 is 28.9 Å². The van der Waals surface area contributed by atoms with Gasteiger partial charge in [0.2, 0.25) is 0 Å². The normalized spacial score (nSPS) is 23.3. The zero-order valence-electron chi connectivity index (χ0n) is 20.7. The van der Waals surface area contributed by atoms with Crippen molar-refractivity contribution in [3.8, 4) is 5.75 Å². The Morgan fingerprint density at radius 3 is 2.00 bits per heavy atom. The number of nitrogens with zero attached hydrogens (tertiary/aromatic N) is 4. The van der Waals surface area contributed by atoms with Crippen molar-refractivity contribution in [1.29, 1.82) is 0 Å². The van der Waals surface area contributed by atoms with Gasteiger partial charge in [-0.05, 0) is 30.7 Å². The van der Waals surface area contributed by atoms with Crippen molar-refractivity contribution in [3.63, 3.8) is 0 Å². The fourth-order valence-corrected chi connectivity index (χ4v) is 5.11. The van der Waals surface area contributed by atoms with Gasteiger partial charge in [-0.25, -0.2) is 0 Å². The topological polar surface area (TPSA) is 37.4 Å². The number of hydrogen-bond donors (Lipinski definition) is 0. The van der Waals surface area contributed by atoms with Crippen LogP contribution in [0.2, 0.25) is 0 Å². The monoisotopic (exact) mass is 465 g/mol. The molecule has 3 aliphatic rings. The molecule has 0 aromatic heterocycles.